The maximum absolute atomic E-state index is 13.3. The third-order valence-electron chi connectivity index (χ3n) is 3.02. The maximum atomic E-state index is 13.3. The lowest BCUT2D eigenvalue weighted by molar-refractivity contribution is -0.153. The van der Waals surface area contributed by atoms with Crippen LogP contribution in [0.2, 0.25) is 0 Å². The van der Waals surface area contributed by atoms with E-state index >= 15 is 0 Å². The molecule has 1 atom stereocenters. The summed E-state index contributed by atoms with van der Waals surface area (Å²) in [4.78, 5) is 13.6. The summed E-state index contributed by atoms with van der Waals surface area (Å²) in [6.07, 6.45) is 0. The average Bonchev–Trinajstić information content (AvgIpc) is 2.37. The second-order valence-corrected chi connectivity index (χ2v) is 5.28. The van der Waals surface area contributed by atoms with E-state index in [2.05, 4.69) is 15.9 Å². The average molecular weight is 332 g/mol. The Hall–Kier alpha value is -0.980. The van der Waals surface area contributed by atoms with E-state index in [1.54, 1.807) is 0 Å². The number of carbonyl (C=O) groups is 1. The van der Waals surface area contributed by atoms with Gasteiger partial charge >= 0.3 is 5.97 Å². The summed E-state index contributed by atoms with van der Waals surface area (Å²) in [5.74, 6) is -0.623. The van der Waals surface area contributed by atoms with Gasteiger partial charge in [0.1, 0.15) is 11.9 Å². The molecule has 0 aliphatic carbocycles. The molecule has 6 heteroatoms. The molecule has 1 aromatic carbocycles. The molecule has 1 aromatic rings. The van der Waals surface area contributed by atoms with E-state index in [0.29, 0.717) is 30.8 Å². The molecule has 2 rings (SSSR count). The van der Waals surface area contributed by atoms with Gasteiger partial charge < -0.3 is 9.47 Å². The van der Waals surface area contributed by atoms with Crippen LogP contribution in [-0.2, 0) is 20.8 Å². The van der Waals surface area contributed by atoms with Crippen LogP contribution in [-0.4, -0.2) is 43.8 Å². The number of hydrogen-bond donors (Lipinski definition) is 0. The van der Waals surface area contributed by atoms with E-state index in [4.69, 9.17) is 9.47 Å². The van der Waals surface area contributed by atoms with Gasteiger partial charge in [-0.05, 0) is 23.8 Å². The lowest BCUT2D eigenvalue weighted by Gasteiger charge is -2.33. The number of rotatable bonds is 3. The predicted molar refractivity (Wildman–Crippen MR) is 71.1 cm³/mol. The Morgan fingerprint density at radius 2 is 2.37 bits per heavy atom. The summed E-state index contributed by atoms with van der Waals surface area (Å²) in [5, 5.41) is 0. The Morgan fingerprint density at radius 3 is 3.05 bits per heavy atom. The first-order chi connectivity index (χ1) is 9.10. The van der Waals surface area contributed by atoms with E-state index in [-0.39, 0.29) is 11.8 Å². The molecule has 1 aliphatic rings. The first-order valence-corrected chi connectivity index (χ1v) is 6.74. The minimum Gasteiger partial charge on any atom is -0.468 e. The summed E-state index contributed by atoms with van der Waals surface area (Å²) in [7, 11) is 1.36. The fourth-order valence-corrected chi connectivity index (χ4v) is 2.63. The Kier molecular flexibility index (Phi) is 4.90. The smallest absolute Gasteiger partial charge is 0.325 e. The van der Waals surface area contributed by atoms with Crippen molar-refractivity contribution in [2.75, 3.05) is 26.9 Å². The van der Waals surface area contributed by atoms with E-state index in [1.165, 1.54) is 19.2 Å². The summed E-state index contributed by atoms with van der Waals surface area (Å²) in [6, 6.07) is 4.28. The van der Waals surface area contributed by atoms with Gasteiger partial charge in [0.15, 0.2) is 0 Å². The van der Waals surface area contributed by atoms with E-state index in [1.807, 2.05) is 11.0 Å². The highest BCUT2D eigenvalue weighted by atomic mass is 79.9. The van der Waals surface area contributed by atoms with Gasteiger partial charge in [0.2, 0.25) is 0 Å². The minimum atomic E-state index is -0.430. The number of methoxy groups -OCH3 is 1. The van der Waals surface area contributed by atoms with Crippen molar-refractivity contribution >= 4 is 21.9 Å². The van der Waals surface area contributed by atoms with Gasteiger partial charge in [-0.25, -0.2) is 4.39 Å². The van der Waals surface area contributed by atoms with Gasteiger partial charge in [-0.3, -0.25) is 9.69 Å². The number of ether oxygens (including phenoxy) is 2. The van der Waals surface area contributed by atoms with Crippen LogP contribution >= 0.6 is 15.9 Å². The van der Waals surface area contributed by atoms with Crippen LogP contribution in [0.1, 0.15) is 5.56 Å². The number of benzene rings is 1. The van der Waals surface area contributed by atoms with Crippen LogP contribution in [0.4, 0.5) is 4.39 Å². The second-order valence-electron chi connectivity index (χ2n) is 4.36. The molecule has 0 spiro atoms. The first-order valence-electron chi connectivity index (χ1n) is 5.94. The summed E-state index contributed by atoms with van der Waals surface area (Å²) < 4.78 is 24.1. The molecule has 1 heterocycles. The third-order valence-corrected chi connectivity index (χ3v) is 3.48. The van der Waals surface area contributed by atoms with Gasteiger partial charge in [0.25, 0.3) is 0 Å². The number of hydrogen-bond acceptors (Lipinski definition) is 4. The summed E-state index contributed by atoms with van der Waals surface area (Å²) >= 11 is 3.26. The largest absolute Gasteiger partial charge is 0.468 e. The van der Waals surface area contributed by atoms with Gasteiger partial charge in [0, 0.05) is 17.6 Å². The molecule has 0 saturated carbocycles. The van der Waals surface area contributed by atoms with Crippen molar-refractivity contribution in [3.8, 4) is 0 Å². The molecule has 4 nitrogen and oxygen atoms in total. The standard InChI is InChI=1S/C13H15BrFNO3/c1-18-13(17)12-8-19-3-2-16(12)7-9-4-10(14)6-11(15)5-9/h4-6,12H,2-3,7-8H2,1H3. The highest BCUT2D eigenvalue weighted by molar-refractivity contribution is 9.10. The number of esters is 1. The molecule has 0 aromatic heterocycles. The Bertz CT molecular complexity index is 449. The SMILES string of the molecule is COC(=O)C1COCCN1Cc1cc(F)cc(Br)c1. The second kappa shape index (κ2) is 6.45. The normalized spacial score (nSPS) is 20.3. The molecular weight excluding hydrogens is 317 g/mol. The maximum Gasteiger partial charge on any atom is 0.325 e. The van der Waals surface area contributed by atoms with Crippen LogP contribution < -0.4 is 0 Å². The van der Waals surface area contributed by atoms with E-state index in [0.717, 1.165) is 5.56 Å². The molecule has 19 heavy (non-hydrogen) atoms. The Balaban J connectivity index is 2.12. The van der Waals surface area contributed by atoms with Gasteiger partial charge in [0.05, 0.1) is 20.3 Å². The molecular formula is C13H15BrFNO3. The van der Waals surface area contributed by atoms with Crippen LogP contribution in [0.5, 0.6) is 0 Å². The van der Waals surface area contributed by atoms with Crippen molar-refractivity contribution in [1.29, 1.82) is 0 Å². The topological polar surface area (TPSA) is 38.8 Å². The lowest BCUT2D eigenvalue weighted by atomic mass is 10.1. The van der Waals surface area contributed by atoms with Crippen LogP contribution in [0, 0.1) is 5.82 Å². The molecule has 0 amide bonds. The third kappa shape index (κ3) is 3.75. The Labute approximate surface area is 119 Å². The monoisotopic (exact) mass is 331 g/mol. The quantitative estimate of drug-likeness (QED) is 0.794. The molecule has 104 valence electrons. The molecule has 1 saturated heterocycles. The van der Waals surface area contributed by atoms with Gasteiger partial charge in [-0.2, -0.15) is 0 Å². The zero-order chi connectivity index (χ0) is 13.8. The first kappa shape index (κ1) is 14.4. The van der Waals surface area contributed by atoms with Gasteiger partial charge in [-0.1, -0.05) is 15.9 Å². The number of halogens is 2. The van der Waals surface area contributed by atoms with Gasteiger partial charge in [-0.15, -0.1) is 0 Å². The summed E-state index contributed by atoms with van der Waals surface area (Å²) in [6.45, 7) is 1.97. The highest BCUT2D eigenvalue weighted by Gasteiger charge is 2.30. The van der Waals surface area contributed by atoms with E-state index in [9.17, 15) is 9.18 Å². The number of nitrogens with zero attached hydrogens (tertiary/aromatic N) is 1. The molecule has 0 radical (unpaired) electrons. The van der Waals surface area contributed by atoms with E-state index < -0.39 is 6.04 Å². The van der Waals surface area contributed by atoms with Crippen molar-refractivity contribution in [2.24, 2.45) is 0 Å². The number of carbonyl (C=O) groups excluding carboxylic acids is 1. The van der Waals surface area contributed by atoms with Crippen molar-refractivity contribution in [2.45, 2.75) is 12.6 Å². The minimum absolute atomic E-state index is 0.299. The summed E-state index contributed by atoms with van der Waals surface area (Å²) in [5.41, 5.74) is 0.808. The Morgan fingerprint density at radius 1 is 1.58 bits per heavy atom. The number of morpholine rings is 1. The zero-order valence-electron chi connectivity index (χ0n) is 10.6. The highest BCUT2D eigenvalue weighted by Crippen LogP contribution is 2.19. The fraction of sp³-hybridized carbons (Fsp3) is 0.462. The van der Waals surface area contributed by atoms with Crippen molar-refractivity contribution < 1.29 is 18.7 Å². The van der Waals surface area contributed by atoms with Crippen LogP contribution in [0.15, 0.2) is 22.7 Å². The zero-order valence-corrected chi connectivity index (χ0v) is 12.2. The molecule has 0 bridgehead atoms. The van der Waals surface area contributed by atoms with Crippen molar-refractivity contribution in [3.05, 3.63) is 34.1 Å². The van der Waals surface area contributed by atoms with Crippen molar-refractivity contribution in [3.63, 3.8) is 0 Å². The molecule has 1 fully saturated rings. The molecule has 0 N–H and O–H groups in total. The lowest BCUT2D eigenvalue weighted by Crippen LogP contribution is -2.49. The molecule has 1 unspecified atom stereocenters. The van der Waals surface area contributed by atoms with Crippen LogP contribution in [0.3, 0.4) is 0 Å². The molecule has 1 aliphatic heterocycles. The predicted octanol–water partition coefficient (Wildman–Crippen LogP) is 1.96. The fourth-order valence-electron chi connectivity index (χ4n) is 2.12. The van der Waals surface area contributed by atoms with Crippen molar-refractivity contribution in [1.82, 2.24) is 4.90 Å². The van der Waals surface area contributed by atoms with Crippen LogP contribution in [0.25, 0.3) is 0 Å².